The number of nitrogens with zero attached hydrogens (tertiary/aromatic N) is 1. The van der Waals surface area contributed by atoms with Gasteiger partial charge in [-0.15, -0.1) is 0 Å². The number of rotatable bonds is 13. The Balaban J connectivity index is 4.10. The van der Waals surface area contributed by atoms with Gasteiger partial charge in [-0.25, -0.2) is 0 Å². The lowest BCUT2D eigenvalue weighted by Crippen LogP contribution is -2.33. The van der Waals surface area contributed by atoms with Crippen molar-refractivity contribution >= 4 is 5.71 Å². The number of nitrogens with one attached hydrogen (secondary N) is 2. The minimum atomic E-state index is -4.17. The van der Waals surface area contributed by atoms with Crippen LogP contribution in [-0.4, -0.2) is 45.0 Å². The van der Waals surface area contributed by atoms with Gasteiger partial charge >= 0.3 is 6.18 Å². The molecule has 0 heterocycles. The third-order valence-electron chi connectivity index (χ3n) is 3.23. The second-order valence-corrected chi connectivity index (χ2v) is 5.30. The Hall–Kier alpha value is -0.920. The van der Waals surface area contributed by atoms with Crippen LogP contribution in [0.2, 0.25) is 0 Å². The molecule has 2 N–H and O–H groups in total. The fraction of sp³-hybridized carbons (Fsp3) is 0.812. The van der Waals surface area contributed by atoms with Crippen molar-refractivity contribution in [1.29, 1.82) is 0 Å². The Morgan fingerprint density at radius 2 is 2.04 bits per heavy atom. The van der Waals surface area contributed by atoms with Gasteiger partial charge in [-0.05, 0) is 38.9 Å². The van der Waals surface area contributed by atoms with E-state index in [4.69, 9.17) is 4.74 Å². The highest BCUT2D eigenvalue weighted by Gasteiger charge is 2.24. The van der Waals surface area contributed by atoms with Crippen molar-refractivity contribution in [2.24, 2.45) is 4.99 Å². The summed E-state index contributed by atoms with van der Waals surface area (Å²) in [6.45, 7) is 5.55. The third kappa shape index (κ3) is 14.4. The van der Waals surface area contributed by atoms with Crippen LogP contribution in [0.4, 0.5) is 13.2 Å². The number of halogens is 3. The van der Waals surface area contributed by atoms with Gasteiger partial charge in [0.25, 0.3) is 0 Å². The van der Waals surface area contributed by atoms with Crippen molar-refractivity contribution in [2.45, 2.75) is 58.2 Å². The van der Waals surface area contributed by atoms with Crippen LogP contribution in [0.1, 0.15) is 46.0 Å². The minimum absolute atomic E-state index is 0.154. The average Bonchev–Trinajstić information content (AvgIpc) is 2.48. The highest BCUT2D eigenvalue weighted by atomic mass is 19.4. The summed E-state index contributed by atoms with van der Waals surface area (Å²) < 4.78 is 41.7. The molecule has 1 atom stereocenters. The third-order valence-corrected chi connectivity index (χ3v) is 3.23. The number of hydrogen-bond acceptors (Lipinski definition) is 4. The number of alkyl halides is 3. The molecule has 0 aliphatic heterocycles. The lowest BCUT2D eigenvalue weighted by atomic mass is 10.1. The minimum Gasteiger partial charge on any atom is -0.344 e. The fourth-order valence-electron chi connectivity index (χ4n) is 1.92. The summed E-state index contributed by atoms with van der Waals surface area (Å²) in [5, 5.41) is 6.38. The summed E-state index contributed by atoms with van der Waals surface area (Å²) in [6.07, 6.45) is 0.947. The van der Waals surface area contributed by atoms with Gasteiger partial charge in [0.1, 0.15) is 6.73 Å². The van der Waals surface area contributed by atoms with Gasteiger partial charge in [-0.3, -0.25) is 10.3 Å². The molecule has 0 rings (SSSR count). The molecule has 0 spiro atoms. The molecule has 0 radical (unpaired) electrons. The van der Waals surface area contributed by atoms with Crippen LogP contribution >= 0.6 is 0 Å². The Bertz CT molecular complexity index is 344. The molecule has 1 unspecified atom stereocenters. The first-order chi connectivity index (χ1) is 10.9. The summed E-state index contributed by atoms with van der Waals surface area (Å²) >= 11 is 0. The van der Waals surface area contributed by atoms with E-state index in [0.29, 0.717) is 24.9 Å². The van der Waals surface area contributed by atoms with Gasteiger partial charge in [-0.1, -0.05) is 26.3 Å². The Labute approximate surface area is 137 Å². The second kappa shape index (κ2) is 13.5. The SMILES string of the molecule is CCCC(/C=C\CC(F)(F)F)=NCOCNC(CC)CCNC. The Morgan fingerprint density at radius 3 is 2.61 bits per heavy atom. The van der Waals surface area contributed by atoms with E-state index in [1.54, 1.807) is 0 Å². The van der Waals surface area contributed by atoms with Crippen molar-refractivity contribution in [1.82, 2.24) is 10.6 Å². The average molecular weight is 337 g/mol. The molecule has 0 saturated heterocycles. The van der Waals surface area contributed by atoms with Crippen molar-refractivity contribution in [3.63, 3.8) is 0 Å². The molecule has 0 aromatic rings. The van der Waals surface area contributed by atoms with Crippen molar-refractivity contribution in [3.05, 3.63) is 12.2 Å². The molecule has 0 saturated carbocycles. The normalized spacial score (nSPS) is 14.6. The molecule has 23 heavy (non-hydrogen) atoms. The largest absolute Gasteiger partial charge is 0.392 e. The van der Waals surface area contributed by atoms with Gasteiger partial charge in [0, 0.05) is 11.8 Å². The van der Waals surface area contributed by atoms with E-state index in [2.05, 4.69) is 22.5 Å². The first-order valence-electron chi connectivity index (χ1n) is 8.15. The second-order valence-electron chi connectivity index (χ2n) is 5.30. The zero-order valence-electron chi connectivity index (χ0n) is 14.4. The molecule has 0 amide bonds. The molecule has 0 aromatic heterocycles. The van der Waals surface area contributed by atoms with Gasteiger partial charge in [0.05, 0.1) is 13.2 Å². The molecule has 0 bridgehead atoms. The standard InChI is InChI=1S/C16H30F3N3O/c1-4-7-15(8-6-10-16(17,18)19)22-13-23-12-21-14(5-2)9-11-20-3/h6,8,14,20-21H,4-5,7,9-13H2,1-3H3/b8-6-,22-15?. The Morgan fingerprint density at radius 1 is 1.30 bits per heavy atom. The van der Waals surface area contributed by atoms with Crippen molar-refractivity contribution in [3.8, 4) is 0 Å². The molecule has 7 heteroatoms. The lowest BCUT2D eigenvalue weighted by molar-refractivity contribution is -0.124. The van der Waals surface area contributed by atoms with Gasteiger partial charge in [-0.2, -0.15) is 13.2 Å². The van der Waals surface area contributed by atoms with Crippen LogP contribution in [0.25, 0.3) is 0 Å². The highest BCUT2D eigenvalue weighted by Crippen LogP contribution is 2.19. The predicted octanol–water partition coefficient (Wildman–Crippen LogP) is 3.65. The van der Waals surface area contributed by atoms with Crippen LogP contribution < -0.4 is 10.6 Å². The quantitative estimate of drug-likeness (QED) is 0.306. The maximum Gasteiger partial charge on any atom is 0.392 e. The van der Waals surface area contributed by atoms with Gasteiger partial charge < -0.3 is 10.1 Å². The molecule has 4 nitrogen and oxygen atoms in total. The maximum atomic E-state index is 12.1. The molecule has 0 aromatic carbocycles. The number of ether oxygens (including phenoxy) is 1. The zero-order valence-corrected chi connectivity index (χ0v) is 14.4. The topological polar surface area (TPSA) is 45.6 Å². The van der Waals surface area contributed by atoms with E-state index < -0.39 is 12.6 Å². The monoisotopic (exact) mass is 337 g/mol. The number of aliphatic imine (C=N–C) groups is 1. The van der Waals surface area contributed by atoms with Gasteiger partial charge in [0.15, 0.2) is 0 Å². The highest BCUT2D eigenvalue weighted by molar-refractivity contribution is 5.94. The predicted molar refractivity (Wildman–Crippen MR) is 88.7 cm³/mol. The van der Waals surface area contributed by atoms with Gasteiger partial charge in [0.2, 0.25) is 0 Å². The van der Waals surface area contributed by atoms with Crippen LogP contribution in [0.5, 0.6) is 0 Å². The van der Waals surface area contributed by atoms with Crippen molar-refractivity contribution < 1.29 is 17.9 Å². The summed E-state index contributed by atoms with van der Waals surface area (Å²) in [5.41, 5.74) is 0.638. The molecule has 0 aliphatic carbocycles. The van der Waals surface area contributed by atoms with E-state index in [0.717, 1.165) is 31.9 Å². The molecule has 0 aliphatic rings. The summed E-state index contributed by atoms with van der Waals surface area (Å²) in [5.74, 6) is 0. The van der Waals surface area contributed by atoms with Crippen LogP contribution in [0, 0.1) is 0 Å². The molecule has 0 fully saturated rings. The van der Waals surface area contributed by atoms with E-state index in [1.807, 2.05) is 14.0 Å². The smallest absolute Gasteiger partial charge is 0.344 e. The first-order valence-corrected chi connectivity index (χ1v) is 8.15. The summed E-state index contributed by atoms with van der Waals surface area (Å²) in [4.78, 5) is 4.21. The zero-order chi connectivity index (χ0) is 17.6. The van der Waals surface area contributed by atoms with E-state index >= 15 is 0 Å². The molecular formula is C16H30F3N3O. The van der Waals surface area contributed by atoms with E-state index in [9.17, 15) is 13.2 Å². The maximum absolute atomic E-state index is 12.1. The Kier molecular flexibility index (Phi) is 13.0. The number of allylic oxidation sites excluding steroid dienone is 2. The van der Waals surface area contributed by atoms with Crippen molar-refractivity contribution in [2.75, 3.05) is 27.1 Å². The summed E-state index contributed by atoms with van der Waals surface area (Å²) in [6, 6.07) is 0.383. The number of hydrogen-bond donors (Lipinski definition) is 2. The lowest BCUT2D eigenvalue weighted by Gasteiger charge is -2.16. The van der Waals surface area contributed by atoms with Crippen LogP contribution in [0.15, 0.2) is 17.1 Å². The summed E-state index contributed by atoms with van der Waals surface area (Å²) in [7, 11) is 1.92. The fourth-order valence-corrected chi connectivity index (χ4v) is 1.92. The van der Waals surface area contributed by atoms with Crippen LogP contribution in [-0.2, 0) is 4.74 Å². The van der Waals surface area contributed by atoms with Crippen LogP contribution in [0.3, 0.4) is 0 Å². The molecule has 136 valence electrons. The molecular weight excluding hydrogens is 307 g/mol. The van der Waals surface area contributed by atoms with E-state index in [-0.39, 0.29) is 6.73 Å². The van der Waals surface area contributed by atoms with E-state index in [1.165, 1.54) is 6.08 Å². The first kappa shape index (κ1) is 22.1.